The zero-order chi connectivity index (χ0) is 19.3. The molecule has 0 radical (unpaired) electrons. The van der Waals surface area contributed by atoms with E-state index in [1.54, 1.807) is 18.2 Å². The highest BCUT2D eigenvalue weighted by Gasteiger charge is 2.35. The quantitative estimate of drug-likeness (QED) is 0.315. The van der Waals surface area contributed by atoms with E-state index < -0.39 is 21.7 Å². The van der Waals surface area contributed by atoms with Gasteiger partial charge in [-0.2, -0.15) is 0 Å². The third-order valence-corrected chi connectivity index (χ3v) is 4.45. The Bertz CT molecular complexity index is 819. The zero-order valence-corrected chi connectivity index (χ0v) is 17.6. The predicted octanol–water partition coefficient (Wildman–Crippen LogP) is 5.00. The van der Waals surface area contributed by atoms with E-state index in [1.807, 2.05) is 6.07 Å². The van der Waals surface area contributed by atoms with Gasteiger partial charge in [-0.1, -0.05) is 68.9 Å². The van der Waals surface area contributed by atoms with Crippen LogP contribution < -0.4 is 16.0 Å². The smallest absolute Gasteiger partial charge is 0.255 e. The van der Waals surface area contributed by atoms with Crippen molar-refractivity contribution >= 4 is 79.7 Å². The van der Waals surface area contributed by atoms with Gasteiger partial charge in [0.05, 0.1) is 5.56 Å². The van der Waals surface area contributed by atoms with Crippen molar-refractivity contribution in [2.24, 2.45) is 0 Å². The van der Waals surface area contributed by atoms with Gasteiger partial charge in [-0.25, -0.2) is 4.39 Å². The van der Waals surface area contributed by atoms with Crippen molar-refractivity contribution in [3.05, 3.63) is 64.4 Å². The maximum absolute atomic E-state index is 13.8. The molecular formula is C16H12BrCl3FN3OS. The maximum Gasteiger partial charge on any atom is 0.255 e. The number of nitrogens with one attached hydrogen (secondary N) is 3. The van der Waals surface area contributed by atoms with Crippen LogP contribution in [-0.4, -0.2) is 21.0 Å². The fourth-order valence-electron chi connectivity index (χ4n) is 1.92. The first-order valence-electron chi connectivity index (χ1n) is 7.12. The van der Waals surface area contributed by atoms with Gasteiger partial charge in [0.25, 0.3) is 5.91 Å². The van der Waals surface area contributed by atoms with E-state index in [2.05, 4.69) is 31.9 Å². The number of carbonyl (C=O) groups is 1. The maximum atomic E-state index is 13.8. The zero-order valence-electron chi connectivity index (χ0n) is 12.9. The van der Waals surface area contributed by atoms with Gasteiger partial charge in [0.1, 0.15) is 12.0 Å². The minimum absolute atomic E-state index is 0.105. The third kappa shape index (κ3) is 6.25. The molecular weight excluding hydrogens is 488 g/mol. The molecule has 1 atom stereocenters. The van der Waals surface area contributed by atoms with Gasteiger partial charge >= 0.3 is 0 Å². The van der Waals surface area contributed by atoms with Crippen LogP contribution in [0.1, 0.15) is 10.4 Å². The van der Waals surface area contributed by atoms with E-state index in [-0.39, 0.29) is 10.7 Å². The molecule has 0 aliphatic heterocycles. The second-order valence-corrected chi connectivity index (χ2v) is 8.73. The Morgan fingerprint density at radius 3 is 2.42 bits per heavy atom. The van der Waals surface area contributed by atoms with Crippen molar-refractivity contribution in [1.29, 1.82) is 0 Å². The van der Waals surface area contributed by atoms with Crippen molar-refractivity contribution in [3.63, 3.8) is 0 Å². The highest BCUT2D eigenvalue weighted by Crippen LogP contribution is 2.29. The molecule has 26 heavy (non-hydrogen) atoms. The van der Waals surface area contributed by atoms with Crippen molar-refractivity contribution in [2.45, 2.75) is 9.96 Å². The first-order valence-corrected chi connectivity index (χ1v) is 9.45. The van der Waals surface area contributed by atoms with Crippen LogP contribution in [0.25, 0.3) is 0 Å². The molecule has 0 spiro atoms. The summed E-state index contributed by atoms with van der Waals surface area (Å²) in [5, 5.41) is 8.12. The molecule has 2 aromatic rings. The minimum atomic E-state index is -1.94. The van der Waals surface area contributed by atoms with Gasteiger partial charge in [-0.05, 0) is 42.5 Å². The number of rotatable bonds is 4. The number of hydrogen-bond donors (Lipinski definition) is 3. The molecule has 3 N–H and O–H groups in total. The van der Waals surface area contributed by atoms with Crippen LogP contribution in [0.3, 0.4) is 0 Å². The van der Waals surface area contributed by atoms with E-state index >= 15 is 0 Å². The van der Waals surface area contributed by atoms with E-state index in [1.165, 1.54) is 18.2 Å². The van der Waals surface area contributed by atoms with Crippen molar-refractivity contribution in [2.75, 3.05) is 5.32 Å². The van der Waals surface area contributed by atoms with E-state index in [0.29, 0.717) is 5.69 Å². The monoisotopic (exact) mass is 497 g/mol. The van der Waals surface area contributed by atoms with E-state index in [0.717, 1.165) is 10.5 Å². The lowest BCUT2D eigenvalue weighted by atomic mass is 10.2. The molecule has 0 aliphatic carbocycles. The summed E-state index contributed by atoms with van der Waals surface area (Å²) in [6.07, 6.45) is -1.20. The summed E-state index contributed by atoms with van der Waals surface area (Å²) >= 11 is 26.2. The number of hydrogen-bond acceptors (Lipinski definition) is 2. The summed E-state index contributed by atoms with van der Waals surface area (Å²) in [7, 11) is 0. The van der Waals surface area contributed by atoms with Crippen LogP contribution in [0, 0.1) is 5.82 Å². The topological polar surface area (TPSA) is 53.2 Å². The van der Waals surface area contributed by atoms with Crippen LogP contribution in [0.4, 0.5) is 10.1 Å². The normalized spacial score (nSPS) is 12.2. The molecule has 1 unspecified atom stereocenters. The number of benzene rings is 2. The molecule has 1 amide bonds. The number of anilines is 1. The molecule has 2 rings (SSSR count). The van der Waals surface area contributed by atoms with Gasteiger partial charge in [-0.3, -0.25) is 4.79 Å². The third-order valence-electron chi connectivity index (χ3n) is 3.08. The molecule has 0 aliphatic rings. The Hall–Kier alpha value is -1.12. The standard InChI is InChI=1S/C16H12BrCl3FN3OS/c17-9-4-3-5-10(8-9)22-15(26)24-14(16(18,19)20)23-13(25)11-6-1-2-7-12(11)21/h1-8,14H,(H,23,25)(H2,22,24,26). The average Bonchev–Trinajstić information content (AvgIpc) is 2.53. The fourth-order valence-corrected chi connectivity index (χ4v) is 2.88. The Balaban J connectivity index is 2.09. The Morgan fingerprint density at radius 2 is 1.81 bits per heavy atom. The van der Waals surface area contributed by atoms with Crippen molar-refractivity contribution in [1.82, 2.24) is 10.6 Å². The Kier molecular flexibility index (Phi) is 7.49. The number of amides is 1. The lowest BCUT2D eigenvalue weighted by Crippen LogP contribution is -2.56. The molecule has 0 bridgehead atoms. The number of halogens is 5. The molecule has 4 nitrogen and oxygen atoms in total. The predicted molar refractivity (Wildman–Crippen MR) is 111 cm³/mol. The highest BCUT2D eigenvalue weighted by atomic mass is 79.9. The van der Waals surface area contributed by atoms with Gasteiger partial charge < -0.3 is 16.0 Å². The minimum Gasteiger partial charge on any atom is -0.339 e. The van der Waals surface area contributed by atoms with Crippen LogP contribution in [0.2, 0.25) is 0 Å². The highest BCUT2D eigenvalue weighted by molar-refractivity contribution is 9.10. The molecule has 0 heterocycles. The van der Waals surface area contributed by atoms with Gasteiger partial charge in [-0.15, -0.1) is 0 Å². The first-order chi connectivity index (χ1) is 12.2. The lowest BCUT2D eigenvalue weighted by Gasteiger charge is -2.27. The second kappa shape index (κ2) is 9.19. The van der Waals surface area contributed by atoms with Crippen LogP contribution in [-0.2, 0) is 0 Å². The van der Waals surface area contributed by atoms with Crippen LogP contribution in [0.15, 0.2) is 53.0 Å². The fraction of sp³-hybridized carbons (Fsp3) is 0.125. The molecule has 10 heteroatoms. The number of thiocarbonyl (C=S) groups is 1. The lowest BCUT2D eigenvalue weighted by molar-refractivity contribution is 0.0930. The van der Waals surface area contributed by atoms with E-state index in [4.69, 9.17) is 47.0 Å². The SMILES string of the molecule is O=C(NC(NC(=S)Nc1cccc(Br)c1)C(Cl)(Cl)Cl)c1ccccc1F. The molecule has 0 aromatic heterocycles. The number of carbonyl (C=O) groups excluding carboxylic acids is 1. The van der Waals surface area contributed by atoms with Crippen molar-refractivity contribution < 1.29 is 9.18 Å². The van der Waals surface area contributed by atoms with Crippen LogP contribution in [0.5, 0.6) is 0 Å². The summed E-state index contributed by atoms with van der Waals surface area (Å²) < 4.78 is 12.7. The Morgan fingerprint density at radius 1 is 1.12 bits per heavy atom. The summed E-state index contributed by atoms with van der Waals surface area (Å²) in [5.74, 6) is -1.44. The molecule has 138 valence electrons. The van der Waals surface area contributed by atoms with Gasteiger partial charge in [0.15, 0.2) is 5.11 Å². The summed E-state index contributed by atoms with van der Waals surface area (Å²) in [5.41, 5.74) is 0.500. The first kappa shape index (κ1) is 21.2. The van der Waals surface area contributed by atoms with Crippen molar-refractivity contribution in [3.8, 4) is 0 Å². The largest absolute Gasteiger partial charge is 0.339 e. The summed E-state index contributed by atoms with van der Waals surface area (Å²) in [4.78, 5) is 12.3. The molecule has 0 saturated heterocycles. The Labute approximate surface area is 178 Å². The van der Waals surface area contributed by atoms with Crippen LogP contribution >= 0.6 is 63.0 Å². The van der Waals surface area contributed by atoms with E-state index in [9.17, 15) is 9.18 Å². The molecule has 0 fully saturated rings. The molecule has 2 aromatic carbocycles. The van der Waals surface area contributed by atoms with Gasteiger partial charge in [0.2, 0.25) is 3.79 Å². The van der Waals surface area contributed by atoms with Gasteiger partial charge in [0, 0.05) is 10.2 Å². The summed E-state index contributed by atoms with van der Waals surface area (Å²) in [6.45, 7) is 0. The summed E-state index contributed by atoms with van der Waals surface area (Å²) in [6, 6.07) is 12.7. The second-order valence-electron chi connectivity index (χ2n) is 5.04. The number of alkyl halides is 3. The average molecular weight is 500 g/mol. The molecule has 0 saturated carbocycles.